The Labute approximate surface area is 158 Å². The number of anilines is 3. The number of carboxylic acid groups (broad SMARTS) is 1. The fourth-order valence-electron chi connectivity index (χ4n) is 2.76. The van der Waals surface area contributed by atoms with Crippen LogP contribution in [0.15, 0.2) is 31.5 Å². The molecule has 0 unspecified atom stereocenters. The van der Waals surface area contributed by atoms with Gasteiger partial charge in [-0.25, -0.2) is 4.79 Å². The van der Waals surface area contributed by atoms with Crippen LogP contribution >= 0.6 is 11.3 Å². The molecule has 2 heterocycles. The molecule has 1 aromatic carbocycles. The van der Waals surface area contributed by atoms with Crippen LogP contribution in [0.4, 0.5) is 17.1 Å². The monoisotopic (exact) mass is 390 g/mol. The first-order chi connectivity index (χ1) is 12.9. The summed E-state index contributed by atoms with van der Waals surface area (Å²) in [5, 5.41) is 16.6. The summed E-state index contributed by atoms with van der Waals surface area (Å²) >= 11 is 0.965. The molecule has 0 saturated carbocycles. The van der Waals surface area contributed by atoms with Crippen LogP contribution in [0.1, 0.15) is 40.6 Å². The first-order valence-corrected chi connectivity index (χ1v) is 9.07. The summed E-state index contributed by atoms with van der Waals surface area (Å²) in [7, 11) is 1.34. The van der Waals surface area contributed by atoms with Crippen LogP contribution in [0.2, 0.25) is 0 Å². The van der Waals surface area contributed by atoms with Crippen molar-refractivity contribution < 1.29 is 19.1 Å². The van der Waals surface area contributed by atoms with Crippen molar-refractivity contribution in [2.45, 2.75) is 26.3 Å². The van der Waals surface area contributed by atoms with Crippen molar-refractivity contribution >= 4 is 34.4 Å². The van der Waals surface area contributed by atoms with E-state index in [4.69, 9.17) is 9.15 Å². The summed E-state index contributed by atoms with van der Waals surface area (Å²) < 4.78 is 10.7. The van der Waals surface area contributed by atoms with Crippen molar-refractivity contribution in [3.05, 3.63) is 54.4 Å². The van der Waals surface area contributed by atoms with E-state index in [1.165, 1.54) is 12.5 Å². The van der Waals surface area contributed by atoms with Crippen molar-refractivity contribution in [2.24, 2.45) is 0 Å². The highest BCUT2D eigenvalue weighted by molar-refractivity contribution is 7.13. The second-order valence-electron chi connectivity index (χ2n) is 5.90. The molecular weight excluding hydrogens is 372 g/mol. The van der Waals surface area contributed by atoms with Crippen molar-refractivity contribution in [1.82, 2.24) is 0 Å². The molecule has 27 heavy (non-hydrogen) atoms. The van der Waals surface area contributed by atoms with E-state index in [2.05, 4.69) is 10.6 Å². The van der Waals surface area contributed by atoms with Gasteiger partial charge in [0.05, 0.1) is 18.8 Å². The van der Waals surface area contributed by atoms with Crippen LogP contribution in [-0.2, 0) is 0 Å². The first kappa shape index (κ1) is 18.7. The maximum Gasteiger partial charge on any atom is 0.349 e. The molecule has 9 heteroatoms. The van der Waals surface area contributed by atoms with Gasteiger partial charge in [-0.2, -0.15) is 0 Å². The van der Waals surface area contributed by atoms with Crippen LogP contribution in [0, 0.1) is 6.92 Å². The number of furan rings is 1. The molecule has 0 radical (unpaired) electrons. The molecular formula is C18H18N2O6S. The topological polar surface area (TPSA) is 118 Å². The number of carbonyl (C=O) groups is 1. The van der Waals surface area contributed by atoms with E-state index in [0.29, 0.717) is 17.9 Å². The number of methoxy groups -OCH3 is 1. The van der Waals surface area contributed by atoms with Gasteiger partial charge in [0.2, 0.25) is 0 Å². The maximum absolute atomic E-state index is 12.1. The lowest BCUT2D eigenvalue weighted by Crippen LogP contribution is -2.37. The molecule has 0 spiro atoms. The highest BCUT2D eigenvalue weighted by atomic mass is 32.1. The average Bonchev–Trinajstić information content (AvgIpc) is 3.26. The summed E-state index contributed by atoms with van der Waals surface area (Å²) in [6.07, 6.45) is 0.635. The van der Waals surface area contributed by atoms with Crippen molar-refractivity contribution in [1.29, 1.82) is 0 Å². The Bertz CT molecular complexity index is 1060. The molecule has 0 fully saturated rings. The van der Waals surface area contributed by atoms with E-state index in [1.807, 2.05) is 26.0 Å². The van der Waals surface area contributed by atoms with Crippen LogP contribution in [0.5, 0.6) is 5.75 Å². The fourth-order valence-corrected chi connectivity index (χ4v) is 3.56. The van der Waals surface area contributed by atoms with Crippen LogP contribution in [0.3, 0.4) is 0 Å². The first-order valence-electron chi connectivity index (χ1n) is 8.19. The average molecular weight is 390 g/mol. The number of carboxylic acids is 1. The van der Waals surface area contributed by atoms with Gasteiger partial charge in [-0.3, -0.25) is 9.59 Å². The lowest BCUT2D eigenvalue weighted by atomic mass is 10.1. The third kappa shape index (κ3) is 3.33. The number of ether oxygens (including phenoxy) is 1. The van der Waals surface area contributed by atoms with Gasteiger partial charge in [0.25, 0.3) is 10.9 Å². The molecule has 0 saturated heterocycles. The number of hydrogen-bond donors (Lipinski definition) is 3. The van der Waals surface area contributed by atoms with E-state index in [-0.39, 0.29) is 28.0 Å². The van der Waals surface area contributed by atoms with Gasteiger partial charge in [0, 0.05) is 5.38 Å². The number of hydrogen-bond acceptors (Lipinski definition) is 8. The van der Waals surface area contributed by atoms with Crippen LogP contribution < -0.4 is 26.2 Å². The van der Waals surface area contributed by atoms with E-state index in [1.54, 1.807) is 0 Å². The van der Waals surface area contributed by atoms with Gasteiger partial charge in [0.15, 0.2) is 10.6 Å². The number of rotatable bonds is 8. The number of thiophene rings is 1. The summed E-state index contributed by atoms with van der Waals surface area (Å²) in [6, 6.07) is 3.36. The third-order valence-corrected chi connectivity index (χ3v) is 5.09. The molecule has 0 aliphatic carbocycles. The predicted octanol–water partition coefficient (Wildman–Crippen LogP) is 3.26. The summed E-state index contributed by atoms with van der Waals surface area (Å²) in [6.45, 7) is 3.75. The second-order valence-corrected chi connectivity index (χ2v) is 6.78. The van der Waals surface area contributed by atoms with E-state index in [0.717, 1.165) is 17.1 Å². The molecule has 0 aliphatic heterocycles. The lowest BCUT2D eigenvalue weighted by Gasteiger charge is -2.20. The zero-order valence-corrected chi connectivity index (χ0v) is 15.7. The number of aromatic carboxylic acids is 1. The lowest BCUT2D eigenvalue weighted by molar-refractivity contribution is 0.0699. The minimum absolute atomic E-state index is 0.00528. The Morgan fingerprint density at radius 1 is 1.30 bits per heavy atom. The van der Waals surface area contributed by atoms with Gasteiger partial charge >= 0.3 is 5.97 Å². The van der Waals surface area contributed by atoms with Crippen LogP contribution in [0.25, 0.3) is 0 Å². The fraction of sp³-hybridized carbons (Fsp3) is 0.278. The van der Waals surface area contributed by atoms with Crippen molar-refractivity contribution in [3.8, 4) is 5.75 Å². The molecule has 0 amide bonds. The van der Waals surface area contributed by atoms with Gasteiger partial charge < -0.3 is 24.9 Å². The summed E-state index contributed by atoms with van der Waals surface area (Å²) in [4.78, 5) is 35.3. The van der Waals surface area contributed by atoms with Crippen LogP contribution in [-0.4, -0.2) is 18.2 Å². The summed E-state index contributed by atoms with van der Waals surface area (Å²) in [5.74, 6) is 0.390. The normalized spacial score (nSPS) is 12.1. The highest BCUT2D eigenvalue weighted by Gasteiger charge is 2.27. The Hall–Kier alpha value is -3.07. The van der Waals surface area contributed by atoms with E-state index >= 15 is 0 Å². The SMILES string of the molecule is CC[C@@H](Nc1c(Nc2csc(C(=O)O)c2OC)c(=O)c1=O)c1ccc(C)o1. The molecule has 142 valence electrons. The number of nitrogens with one attached hydrogen (secondary N) is 2. The Morgan fingerprint density at radius 2 is 2.00 bits per heavy atom. The number of aryl methyl sites for hydroxylation is 1. The Kier molecular flexibility index (Phi) is 5.04. The second kappa shape index (κ2) is 7.28. The zero-order chi connectivity index (χ0) is 19.7. The molecule has 3 aromatic rings. The molecule has 8 nitrogen and oxygen atoms in total. The molecule has 3 rings (SSSR count). The van der Waals surface area contributed by atoms with Gasteiger partial charge in [-0.15, -0.1) is 11.3 Å². The third-order valence-electron chi connectivity index (χ3n) is 4.15. The molecule has 2 aromatic heterocycles. The zero-order valence-electron chi connectivity index (χ0n) is 14.9. The van der Waals surface area contributed by atoms with E-state index < -0.39 is 16.8 Å². The van der Waals surface area contributed by atoms with Gasteiger partial charge in [0.1, 0.15) is 22.9 Å². The molecule has 3 N–H and O–H groups in total. The van der Waals surface area contributed by atoms with Gasteiger partial charge in [-0.1, -0.05) is 6.92 Å². The van der Waals surface area contributed by atoms with E-state index in [9.17, 15) is 19.5 Å². The standard InChI is InChI=1S/C18H18N2O6S/c1-4-9(11-6-5-8(2)26-11)19-12-13(15(22)14(12)21)20-10-7-27-17(18(23)24)16(10)25-3/h5-7,9,19-20H,4H2,1-3H3,(H,23,24)/t9-/m1/s1. The Balaban J connectivity index is 1.89. The molecule has 0 aliphatic rings. The van der Waals surface area contributed by atoms with Crippen molar-refractivity contribution in [3.63, 3.8) is 0 Å². The minimum atomic E-state index is -1.13. The minimum Gasteiger partial charge on any atom is -0.493 e. The van der Waals surface area contributed by atoms with Crippen molar-refractivity contribution in [2.75, 3.05) is 17.7 Å². The predicted molar refractivity (Wildman–Crippen MR) is 103 cm³/mol. The Morgan fingerprint density at radius 3 is 2.56 bits per heavy atom. The largest absolute Gasteiger partial charge is 0.493 e. The molecule has 0 bridgehead atoms. The molecule has 1 atom stereocenters. The quantitative estimate of drug-likeness (QED) is 0.502. The maximum atomic E-state index is 12.1. The summed E-state index contributed by atoms with van der Waals surface area (Å²) in [5.41, 5.74) is -0.766. The van der Waals surface area contributed by atoms with Gasteiger partial charge in [-0.05, 0) is 25.5 Å². The highest BCUT2D eigenvalue weighted by Crippen LogP contribution is 2.38. The smallest absolute Gasteiger partial charge is 0.349 e.